The van der Waals surface area contributed by atoms with Gasteiger partial charge < -0.3 is 5.32 Å². The number of benzene rings is 2. The van der Waals surface area contributed by atoms with E-state index in [4.69, 9.17) is 0 Å². The van der Waals surface area contributed by atoms with Crippen LogP contribution in [0, 0.1) is 6.92 Å². The van der Waals surface area contributed by atoms with E-state index in [2.05, 4.69) is 67.7 Å². The fraction of sp³-hybridized carbons (Fsp3) is 0.200. The summed E-state index contributed by atoms with van der Waals surface area (Å²) in [7, 11) is 0. The minimum absolute atomic E-state index is 0.335. The van der Waals surface area contributed by atoms with Gasteiger partial charge >= 0.3 is 0 Å². The van der Waals surface area contributed by atoms with E-state index >= 15 is 0 Å². The quantitative estimate of drug-likeness (QED) is 0.803. The van der Waals surface area contributed by atoms with E-state index in [9.17, 15) is 0 Å². The van der Waals surface area contributed by atoms with E-state index in [1.54, 1.807) is 0 Å². The number of rotatable bonds is 3. The van der Waals surface area contributed by atoms with Crippen LogP contribution < -0.4 is 5.32 Å². The fourth-order valence-electron chi connectivity index (χ4n) is 1.79. The fourth-order valence-corrected chi connectivity index (χ4v) is 1.79. The first-order chi connectivity index (χ1) is 7.77. The summed E-state index contributed by atoms with van der Waals surface area (Å²) < 4.78 is 0. The molecule has 0 aliphatic heterocycles. The molecule has 1 heteroatoms. The van der Waals surface area contributed by atoms with Crippen LogP contribution in [0.1, 0.15) is 24.1 Å². The summed E-state index contributed by atoms with van der Waals surface area (Å²) in [4.78, 5) is 0. The zero-order valence-corrected chi connectivity index (χ0v) is 9.77. The van der Waals surface area contributed by atoms with Gasteiger partial charge in [-0.25, -0.2) is 0 Å². The van der Waals surface area contributed by atoms with Crippen LogP contribution in [0.25, 0.3) is 0 Å². The lowest BCUT2D eigenvalue weighted by Gasteiger charge is -2.17. The monoisotopic (exact) mass is 211 g/mol. The summed E-state index contributed by atoms with van der Waals surface area (Å²) in [6.07, 6.45) is 0. The Balaban J connectivity index is 2.14. The summed E-state index contributed by atoms with van der Waals surface area (Å²) in [6.45, 7) is 4.31. The summed E-state index contributed by atoms with van der Waals surface area (Å²) in [6, 6.07) is 19.2. The Labute approximate surface area is 97.1 Å². The second-order valence-corrected chi connectivity index (χ2v) is 4.09. The molecular formula is C15H17N. The molecule has 0 saturated carbocycles. The number of hydrogen-bond donors (Lipinski definition) is 1. The molecule has 0 bridgehead atoms. The molecular weight excluding hydrogens is 194 g/mol. The third-order valence-electron chi connectivity index (χ3n) is 2.82. The van der Waals surface area contributed by atoms with Gasteiger partial charge in [0.1, 0.15) is 0 Å². The SMILES string of the molecule is Cc1ccccc1N[C@@H](C)c1ccccc1. The average Bonchev–Trinajstić information content (AvgIpc) is 2.33. The molecule has 82 valence electrons. The number of hydrogen-bond acceptors (Lipinski definition) is 1. The second-order valence-electron chi connectivity index (χ2n) is 4.09. The van der Waals surface area contributed by atoms with Crippen LogP contribution in [0.15, 0.2) is 54.6 Å². The third kappa shape index (κ3) is 2.43. The maximum atomic E-state index is 3.53. The number of aryl methyl sites for hydroxylation is 1. The van der Waals surface area contributed by atoms with E-state index in [-0.39, 0.29) is 0 Å². The minimum atomic E-state index is 0.335. The molecule has 1 atom stereocenters. The van der Waals surface area contributed by atoms with Gasteiger partial charge in [0.2, 0.25) is 0 Å². The molecule has 0 fully saturated rings. The smallest absolute Gasteiger partial charge is 0.0485 e. The van der Waals surface area contributed by atoms with E-state index in [1.807, 2.05) is 6.07 Å². The highest BCUT2D eigenvalue weighted by Gasteiger charge is 2.05. The van der Waals surface area contributed by atoms with Gasteiger partial charge in [0.15, 0.2) is 0 Å². The lowest BCUT2D eigenvalue weighted by molar-refractivity contribution is 0.883. The Bertz CT molecular complexity index is 448. The highest BCUT2D eigenvalue weighted by atomic mass is 14.9. The first kappa shape index (κ1) is 10.7. The van der Waals surface area contributed by atoms with Crippen LogP contribution in [-0.2, 0) is 0 Å². The summed E-state index contributed by atoms with van der Waals surface area (Å²) in [5, 5.41) is 3.53. The van der Waals surface area contributed by atoms with Crippen molar-refractivity contribution in [3.63, 3.8) is 0 Å². The van der Waals surface area contributed by atoms with Crippen LogP contribution in [0.4, 0.5) is 5.69 Å². The molecule has 0 heterocycles. The zero-order valence-electron chi connectivity index (χ0n) is 9.77. The predicted molar refractivity (Wildman–Crippen MR) is 69.7 cm³/mol. The van der Waals surface area contributed by atoms with Crippen LogP contribution >= 0.6 is 0 Å². The van der Waals surface area contributed by atoms with Crippen LogP contribution in [-0.4, -0.2) is 0 Å². The van der Waals surface area contributed by atoms with Crippen molar-refractivity contribution in [3.05, 3.63) is 65.7 Å². The van der Waals surface area contributed by atoms with E-state index in [0.29, 0.717) is 6.04 Å². The maximum absolute atomic E-state index is 3.53. The minimum Gasteiger partial charge on any atom is -0.378 e. The Kier molecular flexibility index (Phi) is 3.25. The number of para-hydroxylation sites is 1. The molecule has 0 aliphatic rings. The van der Waals surface area contributed by atoms with Crippen LogP contribution in [0.2, 0.25) is 0 Å². The number of nitrogens with one attached hydrogen (secondary N) is 1. The third-order valence-corrected chi connectivity index (χ3v) is 2.82. The van der Waals surface area contributed by atoms with Crippen molar-refractivity contribution in [3.8, 4) is 0 Å². The molecule has 2 aromatic rings. The summed E-state index contributed by atoms with van der Waals surface area (Å²) >= 11 is 0. The molecule has 0 aromatic heterocycles. The average molecular weight is 211 g/mol. The molecule has 0 aliphatic carbocycles. The van der Waals surface area contributed by atoms with Gasteiger partial charge in [0.25, 0.3) is 0 Å². The zero-order chi connectivity index (χ0) is 11.4. The Morgan fingerprint density at radius 1 is 0.875 bits per heavy atom. The second kappa shape index (κ2) is 4.84. The highest BCUT2D eigenvalue weighted by Crippen LogP contribution is 2.21. The lowest BCUT2D eigenvalue weighted by Crippen LogP contribution is -2.07. The molecule has 2 rings (SSSR count). The van der Waals surface area contributed by atoms with Crippen molar-refractivity contribution in [1.82, 2.24) is 0 Å². The molecule has 1 N–H and O–H groups in total. The first-order valence-corrected chi connectivity index (χ1v) is 5.64. The number of anilines is 1. The molecule has 2 aromatic carbocycles. The predicted octanol–water partition coefficient (Wildman–Crippen LogP) is 4.17. The van der Waals surface area contributed by atoms with Gasteiger partial charge in [0, 0.05) is 11.7 Å². The topological polar surface area (TPSA) is 12.0 Å². The van der Waals surface area contributed by atoms with E-state index in [1.165, 1.54) is 16.8 Å². The molecule has 16 heavy (non-hydrogen) atoms. The standard InChI is InChI=1S/C15H17N/c1-12-8-6-7-11-15(12)16-13(2)14-9-4-3-5-10-14/h3-11,13,16H,1-2H3/t13-/m0/s1. The van der Waals surface area contributed by atoms with Crippen molar-refractivity contribution in [2.45, 2.75) is 19.9 Å². The van der Waals surface area contributed by atoms with Crippen LogP contribution in [0.3, 0.4) is 0 Å². The van der Waals surface area contributed by atoms with Crippen molar-refractivity contribution in [2.24, 2.45) is 0 Å². The van der Waals surface area contributed by atoms with Gasteiger partial charge in [-0.2, -0.15) is 0 Å². The Morgan fingerprint density at radius 3 is 2.19 bits per heavy atom. The summed E-state index contributed by atoms with van der Waals surface area (Å²) in [5.41, 5.74) is 3.80. The largest absolute Gasteiger partial charge is 0.378 e. The lowest BCUT2D eigenvalue weighted by atomic mass is 10.1. The van der Waals surface area contributed by atoms with Gasteiger partial charge in [-0.05, 0) is 31.0 Å². The Hall–Kier alpha value is -1.76. The van der Waals surface area contributed by atoms with Crippen LogP contribution in [0.5, 0.6) is 0 Å². The van der Waals surface area contributed by atoms with Gasteiger partial charge in [-0.1, -0.05) is 48.5 Å². The van der Waals surface area contributed by atoms with Gasteiger partial charge in [-0.3, -0.25) is 0 Å². The van der Waals surface area contributed by atoms with Gasteiger partial charge in [-0.15, -0.1) is 0 Å². The highest BCUT2D eigenvalue weighted by molar-refractivity contribution is 5.51. The van der Waals surface area contributed by atoms with E-state index < -0.39 is 0 Å². The van der Waals surface area contributed by atoms with E-state index in [0.717, 1.165) is 0 Å². The van der Waals surface area contributed by atoms with Crippen molar-refractivity contribution in [1.29, 1.82) is 0 Å². The van der Waals surface area contributed by atoms with Crippen molar-refractivity contribution >= 4 is 5.69 Å². The summed E-state index contributed by atoms with van der Waals surface area (Å²) in [5.74, 6) is 0. The molecule has 0 unspecified atom stereocenters. The molecule has 1 nitrogen and oxygen atoms in total. The first-order valence-electron chi connectivity index (χ1n) is 5.64. The molecule has 0 radical (unpaired) electrons. The molecule has 0 saturated heterocycles. The molecule has 0 amide bonds. The Morgan fingerprint density at radius 2 is 1.50 bits per heavy atom. The van der Waals surface area contributed by atoms with Crippen molar-refractivity contribution < 1.29 is 0 Å². The normalized spacial score (nSPS) is 12.1. The molecule has 0 spiro atoms. The van der Waals surface area contributed by atoms with Crippen molar-refractivity contribution in [2.75, 3.05) is 5.32 Å². The van der Waals surface area contributed by atoms with Gasteiger partial charge in [0.05, 0.1) is 0 Å². The maximum Gasteiger partial charge on any atom is 0.0485 e.